The Hall–Kier alpha value is -1.46. The van der Waals surface area contributed by atoms with Crippen LogP contribution in [0.1, 0.15) is 20.8 Å². The van der Waals surface area contributed by atoms with Crippen molar-refractivity contribution in [3.8, 4) is 10.4 Å². The molecule has 1 aliphatic rings. The van der Waals surface area contributed by atoms with Gasteiger partial charge in [-0.1, -0.05) is 35.3 Å². The van der Waals surface area contributed by atoms with Crippen LogP contribution in [0.4, 0.5) is 5.69 Å². The zero-order valence-corrected chi connectivity index (χ0v) is 17.3. The predicted molar refractivity (Wildman–Crippen MR) is 113 cm³/mol. The highest BCUT2D eigenvalue weighted by Gasteiger charge is 2.24. The van der Waals surface area contributed by atoms with Gasteiger partial charge in [0.2, 0.25) is 0 Å². The van der Waals surface area contributed by atoms with E-state index >= 15 is 0 Å². The van der Waals surface area contributed by atoms with E-state index in [9.17, 15) is 4.79 Å². The Morgan fingerprint density at radius 1 is 1.08 bits per heavy atom. The van der Waals surface area contributed by atoms with Crippen LogP contribution < -0.4 is 4.90 Å². The first-order valence-electron chi connectivity index (χ1n) is 8.03. The number of carbonyl (C=O) groups is 1. The van der Waals surface area contributed by atoms with E-state index in [0.29, 0.717) is 5.02 Å². The van der Waals surface area contributed by atoms with Crippen LogP contribution in [0.2, 0.25) is 10.0 Å². The van der Waals surface area contributed by atoms with E-state index in [1.54, 1.807) is 35.0 Å². The van der Waals surface area contributed by atoms with Gasteiger partial charge in [0.15, 0.2) is 0 Å². The van der Waals surface area contributed by atoms with E-state index < -0.39 is 0 Å². The van der Waals surface area contributed by atoms with Crippen molar-refractivity contribution in [1.82, 2.24) is 0 Å². The summed E-state index contributed by atoms with van der Waals surface area (Å²) in [6, 6.07) is 13.5. The van der Waals surface area contributed by atoms with Crippen LogP contribution in [-0.2, 0) is 5.75 Å². The molecule has 2 aromatic carbocycles. The molecular weight excluding hydrogens is 405 g/mol. The summed E-state index contributed by atoms with van der Waals surface area (Å²) in [5.74, 6) is 0.835. The summed E-state index contributed by atoms with van der Waals surface area (Å²) < 4.78 is 0. The highest BCUT2D eigenvalue weighted by atomic mass is 35.5. The molecule has 0 atom stereocenters. The summed E-state index contributed by atoms with van der Waals surface area (Å²) in [5.41, 5.74) is 4.21. The van der Waals surface area contributed by atoms with Crippen molar-refractivity contribution in [3.05, 3.63) is 68.5 Å². The van der Waals surface area contributed by atoms with E-state index in [1.807, 2.05) is 49.4 Å². The third kappa shape index (κ3) is 3.16. The van der Waals surface area contributed by atoms with Crippen molar-refractivity contribution in [2.75, 3.05) is 11.9 Å². The monoisotopic (exact) mass is 419 g/mol. The molecule has 0 bridgehead atoms. The van der Waals surface area contributed by atoms with Gasteiger partial charge in [-0.05, 0) is 48.4 Å². The fraction of sp³-hybridized carbons (Fsp3) is 0.150. The number of nitrogens with zero attached hydrogens (tertiary/aromatic N) is 1. The Kier molecular flexibility index (Phi) is 4.78. The molecular formula is C20H15Cl2NOS2. The maximum Gasteiger partial charge on any atom is 0.268 e. The molecule has 0 saturated heterocycles. The van der Waals surface area contributed by atoms with Crippen LogP contribution in [0.25, 0.3) is 10.4 Å². The third-order valence-corrected chi connectivity index (χ3v) is 7.20. The number of anilines is 1. The zero-order valence-electron chi connectivity index (χ0n) is 14.2. The molecule has 2 nitrogen and oxygen atoms in total. The molecule has 2 heterocycles. The summed E-state index contributed by atoms with van der Waals surface area (Å²) in [5, 5.41) is 1.36. The lowest BCUT2D eigenvalue weighted by Gasteiger charge is -2.19. The minimum atomic E-state index is -0.0183. The normalized spacial score (nSPS) is 12.5. The number of thiophene rings is 1. The SMILES string of the molecule is Cc1ccc(Cl)cc1N(C)C(=O)c1cc2c(s1)-c1ccc(Cl)cc1SC2. The molecule has 132 valence electrons. The predicted octanol–water partition coefficient (Wildman–Crippen LogP) is 6.91. The van der Waals surface area contributed by atoms with Crippen LogP contribution in [0.3, 0.4) is 0 Å². The largest absolute Gasteiger partial charge is 0.310 e. The molecule has 1 aromatic heterocycles. The van der Waals surface area contributed by atoms with Gasteiger partial charge in [-0.15, -0.1) is 23.1 Å². The van der Waals surface area contributed by atoms with Gasteiger partial charge < -0.3 is 4.90 Å². The summed E-state index contributed by atoms with van der Waals surface area (Å²) in [4.78, 5) is 17.8. The van der Waals surface area contributed by atoms with E-state index in [4.69, 9.17) is 23.2 Å². The Morgan fingerprint density at radius 3 is 2.62 bits per heavy atom. The molecule has 6 heteroatoms. The first kappa shape index (κ1) is 17.9. The second-order valence-corrected chi connectivity index (χ2v) is 9.13. The van der Waals surface area contributed by atoms with Crippen LogP contribution in [0.15, 0.2) is 47.4 Å². The van der Waals surface area contributed by atoms with E-state index in [2.05, 4.69) is 0 Å². The van der Waals surface area contributed by atoms with Gasteiger partial charge in [-0.2, -0.15) is 0 Å². The quantitative estimate of drug-likeness (QED) is 0.449. The second-order valence-electron chi connectivity index (χ2n) is 6.19. The average Bonchev–Trinajstić information content (AvgIpc) is 3.06. The van der Waals surface area contributed by atoms with Crippen LogP contribution in [0.5, 0.6) is 0 Å². The van der Waals surface area contributed by atoms with Crippen LogP contribution in [0, 0.1) is 6.92 Å². The van der Waals surface area contributed by atoms with Crippen molar-refractivity contribution < 1.29 is 4.79 Å². The van der Waals surface area contributed by atoms with Crippen molar-refractivity contribution in [1.29, 1.82) is 0 Å². The fourth-order valence-corrected chi connectivity index (χ4v) is 5.88. The molecule has 0 unspecified atom stereocenters. The molecule has 0 saturated carbocycles. The molecule has 1 aliphatic heterocycles. The van der Waals surface area contributed by atoms with Gasteiger partial charge >= 0.3 is 0 Å². The number of hydrogen-bond acceptors (Lipinski definition) is 3. The van der Waals surface area contributed by atoms with E-state index in [1.165, 1.54) is 10.5 Å². The molecule has 0 aliphatic carbocycles. The molecule has 0 N–H and O–H groups in total. The van der Waals surface area contributed by atoms with Gasteiger partial charge in [0, 0.05) is 43.9 Å². The van der Waals surface area contributed by atoms with Crippen molar-refractivity contribution >= 4 is 57.9 Å². The number of rotatable bonds is 2. The highest BCUT2D eigenvalue weighted by molar-refractivity contribution is 7.98. The lowest BCUT2D eigenvalue weighted by atomic mass is 10.1. The average molecular weight is 420 g/mol. The molecule has 0 radical (unpaired) electrons. The maximum absolute atomic E-state index is 13.1. The Morgan fingerprint density at radius 2 is 1.81 bits per heavy atom. The third-order valence-electron chi connectivity index (χ3n) is 4.43. The number of amides is 1. The Balaban J connectivity index is 1.71. The van der Waals surface area contributed by atoms with Gasteiger partial charge in [-0.3, -0.25) is 4.79 Å². The number of hydrogen-bond donors (Lipinski definition) is 0. The Bertz CT molecular complexity index is 1030. The summed E-state index contributed by atoms with van der Waals surface area (Å²) in [6.45, 7) is 1.98. The smallest absolute Gasteiger partial charge is 0.268 e. The van der Waals surface area contributed by atoms with Crippen LogP contribution >= 0.6 is 46.3 Å². The number of fused-ring (bicyclic) bond motifs is 3. The second kappa shape index (κ2) is 6.93. The summed E-state index contributed by atoms with van der Waals surface area (Å²) in [6.07, 6.45) is 0. The highest BCUT2D eigenvalue weighted by Crippen LogP contribution is 2.46. The topological polar surface area (TPSA) is 20.3 Å². The molecule has 1 amide bonds. The van der Waals surface area contributed by atoms with E-state index in [0.717, 1.165) is 37.3 Å². The molecule has 0 fully saturated rings. The van der Waals surface area contributed by atoms with Crippen molar-refractivity contribution in [2.24, 2.45) is 0 Å². The van der Waals surface area contributed by atoms with Gasteiger partial charge in [-0.25, -0.2) is 0 Å². The lowest BCUT2D eigenvalue weighted by Crippen LogP contribution is -2.26. The summed E-state index contributed by atoms with van der Waals surface area (Å²) in [7, 11) is 1.79. The first-order chi connectivity index (χ1) is 12.4. The molecule has 0 spiro atoms. The Labute approximate surface area is 170 Å². The van der Waals surface area contributed by atoms with Gasteiger partial charge in [0.05, 0.1) is 4.88 Å². The van der Waals surface area contributed by atoms with Gasteiger partial charge in [0.1, 0.15) is 0 Å². The minimum absolute atomic E-state index is 0.0183. The molecule has 26 heavy (non-hydrogen) atoms. The van der Waals surface area contributed by atoms with Crippen molar-refractivity contribution in [2.45, 2.75) is 17.6 Å². The van der Waals surface area contributed by atoms with E-state index in [-0.39, 0.29) is 5.91 Å². The fourth-order valence-electron chi connectivity index (χ4n) is 3.05. The molecule has 3 aromatic rings. The van der Waals surface area contributed by atoms with Gasteiger partial charge in [0.25, 0.3) is 5.91 Å². The first-order valence-corrected chi connectivity index (χ1v) is 10.6. The number of thioether (sulfide) groups is 1. The van der Waals surface area contributed by atoms with Crippen molar-refractivity contribution in [3.63, 3.8) is 0 Å². The number of halogens is 2. The number of benzene rings is 2. The zero-order chi connectivity index (χ0) is 18.4. The van der Waals surface area contributed by atoms with Crippen LogP contribution in [-0.4, -0.2) is 13.0 Å². The maximum atomic E-state index is 13.1. The minimum Gasteiger partial charge on any atom is -0.310 e. The number of carbonyl (C=O) groups excluding carboxylic acids is 1. The summed E-state index contributed by atoms with van der Waals surface area (Å²) >= 11 is 15.5. The molecule has 4 rings (SSSR count). The standard InChI is InChI=1S/C20H15Cl2NOS2/c1-11-3-4-13(21)8-16(11)23(2)20(24)18-7-12-10-25-17-9-14(22)5-6-15(17)19(12)26-18/h3-9H,10H2,1-2H3. The number of aryl methyl sites for hydroxylation is 1. The lowest BCUT2D eigenvalue weighted by molar-refractivity contribution is 0.0996.